The molecule has 3 aromatic carbocycles. The number of carbonyl (C=O) groups excluding carboxylic acids is 2. The van der Waals surface area contributed by atoms with E-state index in [-0.39, 0.29) is 55.8 Å². The van der Waals surface area contributed by atoms with Gasteiger partial charge in [-0.1, -0.05) is 61.5 Å². The minimum absolute atomic E-state index is 0.0354. The summed E-state index contributed by atoms with van der Waals surface area (Å²) in [6.07, 6.45) is 2.18. The number of methoxy groups -OCH3 is 1. The molecule has 0 aliphatic heterocycles. The number of nitrogens with zero attached hydrogens (tertiary/aromatic N) is 2. The third kappa shape index (κ3) is 9.30. The van der Waals surface area contributed by atoms with Crippen molar-refractivity contribution in [3.05, 3.63) is 95.8 Å². The number of rotatable bonds is 15. The second-order valence-corrected chi connectivity index (χ2v) is 12.2. The molecule has 226 valence electrons. The van der Waals surface area contributed by atoms with Crippen LogP contribution in [0.2, 0.25) is 0 Å². The maximum atomic E-state index is 14.8. The van der Waals surface area contributed by atoms with E-state index in [1.54, 1.807) is 42.5 Å². The molecule has 0 aromatic heterocycles. The van der Waals surface area contributed by atoms with Crippen LogP contribution in [0.5, 0.6) is 5.75 Å². The van der Waals surface area contributed by atoms with Crippen molar-refractivity contribution in [2.75, 3.05) is 24.2 Å². The number of nitrogens with one attached hydrogen (secondary N) is 1. The average molecular weight is 598 g/mol. The number of halogens is 1. The van der Waals surface area contributed by atoms with Crippen LogP contribution in [0.3, 0.4) is 0 Å². The van der Waals surface area contributed by atoms with E-state index in [9.17, 15) is 22.4 Å². The molecule has 3 rings (SSSR count). The first-order valence-corrected chi connectivity index (χ1v) is 15.9. The van der Waals surface area contributed by atoms with Crippen molar-refractivity contribution in [3.63, 3.8) is 0 Å². The molecule has 0 aliphatic carbocycles. The third-order valence-electron chi connectivity index (χ3n) is 7.06. The minimum atomic E-state index is -3.66. The van der Waals surface area contributed by atoms with Gasteiger partial charge in [0.25, 0.3) is 0 Å². The summed E-state index contributed by atoms with van der Waals surface area (Å²) in [4.78, 5) is 28.9. The standard InChI is InChI=1S/C32H40FN3O5S/c1-5-24(2)34-32(38)30(21-25-13-7-6-8-14-25)35(23-26-15-9-10-18-29(26)33)31(37)19-12-20-36(42(4,39)40)27-16-11-17-28(22-27)41-3/h6-11,13-18,22,24,30H,5,12,19-21,23H2,1-4H3,(H,34,38)/t24-,30-/m1/s1. The Hall–Kier alpha value is -3.92. The Bertz CT molecular complexity index is 1430. The first-order valence-electron chi connectivity index (χ1n) is 14.0. The fourth-order valence-electron chi connectivity index (χ4n) is 4.57. The first kappa shape index (κ1) is 32.6. The molecule has 8 nitrogen and oxygen atoms in total. The molecule has 2 amide bonds. The van der Waals surface area contributed by atoms with Crippen LogP contribution in [0.25, 0.3) is 0 Å². The molecular formula is C32H40FN3O5S. The monoisotopic (exact) mass is 597 g/mol. The molecule has 10 heteroatoms. The highest BCUT2D eigenvalue weighted by atomic mass is 32.2. The average Bonchev–Trinajstić information content (AvgIpc) is 2.97. The molecule has 2 atom stereocenters. The van der Waals surface area contributed by atoms with Gasteiger partial charge in [0, 0.05) is 43.6 Å². The molecule has 3 aromatic rings. The van der Waals surface area contributed by atoms with Crippen molar-refractivity contribution in [2.45, 2.75) is 58.2 Å². The van der Waals surface area contributed by atoms with E-state index in [1.165, 1.54) is 22.4 Å². The Kier molecular flexibility index (Phi) is 11.9. The summed E-state index contributed by atoms with van der Waals surface area (Å²) in [6, 6.07) is 21.2. The molecular weight excluding hydrogens is 557 g/mol. The summed E-state index contributed by atoms with van der Waals surface area (Å²) in [5, 5.41) is 2.99. The number of benzene rings is 3. The quantitative estimate of drug-likeness (QED) is 0.268. The topological polar surface area (TPSA) is 96.0 Å². The lowest BCUT2D eigenvalue weighted by atomic mass is 10.0. The van der Waals surface area contributed by atoms with Gasteiger partial charge < -0.3 is 15.0 Å². The molecule has 1 N–H and O–H groups in total. The molecule has 0 fully saturated rings. The van der Waals surface area contributed by atoms with Gasteiger partial charge in [-0.2, -0.15) is 0 Å². The van der Waals surface area contributed by atoms with Crippen molar-refractivity contribution in [3.8, 4) is 5.75 Å². The summed E-state index contributed by atoms with van der Waals surface area (Å²) < 4.78 is 46.5. The summed E-state index contributed by atoms with van der Waals surface area (Å²) in [6.45, 7) is 3.77. The zero-order chi connectivity index (χ0) is 30.7. The van der Waals surface area contributed by atoms with Crippen LogP contribution in [-0.4, -0.2) is 57.1 Å². The number of carbonyl (C=O) groups is 2. The SMILES string of the molecule is CC[C@@H](C)NC(=O)[C@@H](Cc1ccccc1)N(Cc1ccccc1F)C(=O)CCCN(c1cccc(OC)c1)S(C)(=O)=O. The van der Waals surface area contributed by atoms with Crippen molar-refractivity contribution in [1.29, 1.82) is 0 Å². The summed E-state index contributed by atoms with van der Waals surface area (Å²) in [5.41, 5.74) is 1.56. The number of amides is 2. The lowest BCUT2D eigenvalue weighted by Crippen LogP contribution is -2.52. The number of hydrogen-bond donors (Lipinski definition) is 1. The molecule has 0 saturated carbocycles. The predicted molar refractivity (Wildman–Crippen MR) is 163 cm³/mol. The molecule has 0 saturated heterocycles. The molecule has 42 heavy (non-hydrogen) atoms. The lowest BCUT2D eigenvalue weighted by molar-refractivity contribution is -0.141. The van der Waals surface area contributed by atoms with E-state index < -0.39 is 21.9 Å². The van der Waals surface area contributed by atoms with Crippen LogP contribution in [0.1, 0.15) is 44.2 Å². The zero-order valence-corrected chi connectivity index (χ0v) is 25.4. The molecule has 0 aliphatic rings. The van der Waals surface area contributed by atoms with E-state index in [0.717, 1.165) is 11.8 Å². The molecule has 0 heterocycles. The summed E-state index contributed by atoms with van der Waals surface area (Å²) in [7, 11) is -2.17. The second kappa shape index (κ2) is 15.3. The van der Waals surface area contributed by atoms with Gasteiger partial charge in [0.2, 0.25) is 21.8 Å². The van der Waals surface area contributed by atoms with E-state index in [4.69, 9.17) is 4.74 Å². The van der Waals surface area contributed by atoms with Crippen LogP contribution in [-0.2, 0) is 32.6 Å². The predicted octanol–water partition coefficient (Wildman–Crippen LogP) is 4.94. The van der Waals surface area contributed by atoms with E-state index in [1.807, 2.05) is 44.2 Å². The van der Waals surface area contributed by atoms with Crippen molar-refractivity contribution < 1.29 is 27.1 Å². The fourth-order valence-corrected chi connectivity index (χ4v) is 5.53. The van der Waals surface area contributed by atoms with Gasteiger partial charge in [-0.25, -0.2) is 12.8 Å². The smallest absolute Gasteiger partial charge is 0.243 e. The highest BCUT2D eigenvalue weighted by molar-refractivity contribution is 7.92. The molecule has 0 spiro atoms. The Labute approximate surface area is 248 Å². The zero-order valence-electron chi connectivity index (χ0n) is 24.6. The van der Waals surface area contributed by atoms with E-state index >= 15 is 0 Å². The van der Waals surface area contributed by atoms with Crippen LogP contribution in [0, 0.1) is 5.82 Å². The van der Waals surface area contributed by atoms with Crippen molar-refractivity contribution >= 4 is 27.5 Å². The highest BCUT2D eigenvalue weighted by Gasteiger charge is 2.31. The Morgan fingerprint density at radius 1 is 1.00 bits per heavy atom. The summed E-state index contributed by atoms with van der Waals surface area (Å²) in [5.74, 6) is -0.675. The normalized spacial score (nSPS) is 12.7. The van der Waals surface area contributed by atoms with Crippen LogP contribution in [0.4, 0.5) is 10.1 Å². The number of ether oxygens (including phenoxy) is 1. The van der Waals surface area contributed by atoms with Crippen molar-refractivity contribution in [1.82, 2.24) is 10.2 Å². The number of hydrogen-bond acceptors (Lipinski definition) is 5. The molecule has 0 bridgehead atoms. The summed E-state index contributed by atoms with van der Waals surface area (Å²) >= 11 is 0. The molecule has 0 radical (unpaired) electrons. The van der Waals surface area contributed by atoms with Gasteiger partial charge >= 0.3 is 0 Å². The number of anilines is 1. The Morgan fingerprint density at radius 3 is 2.33 bits per heavy atom. The van der Waals surface area contributed by atoms with Gasteiger partial charge in [-0.05, 0) is 43.5 Å². The largest absolute Gasteiger partial charge is 0.497 e. The first-order chi connectivity index (χ1) is 20.0. The van der Waals surface area contributed by atoms with Crippen LogP contribution in [0.15, 0.2) is 78.9 Å². The van der Waals surface area contributed by atoms with Gasteiger partial charge in [-0.15, -0.1) is 0 Å². The van der Waals surface area contributed by atoms with E-state index in [0.29, 0.717) is 17.9 Å². The highest BCUT2D eigenvalue weighted by Crippen LogP contribution is 2.24. The number of sulfonamides is 1. The third-order valence-corrected chi connectivity index (χ3v) is 8.26. The maximum Gasteiger partial charge on any atom is 0.243 e. The maximum absolute atomic E-state index is 14.8. The Balaban J connectivity index is 1.90. The minimum Gasteiger partial charge on any atom is -0.497 e. The van der Waals surface area contributed by atoms with Gasteiger partial charge in [0.15, 0.2) is 0 Å². The van der Waals surface area contributed by atoms with Crippen LogP contribution < -0.4 is 14.4 Å². The Morgan fingerprint density at radius 2 is 1.69 bits per heavy atom. The molecule has 0 unspecified atom stereocenters. The van der Waals surface area contributed by atoms with Gasteiger partial charge in [0.05, 0.1) is 19.1 Å². The lowest BCUT2D eigenvalue weighted by Gasteiger charge is -2.33. The van der Waals surface area contributed by atoms with Crippen molar-refractivity contribution in [2.24, 2.45) is 0 Å². The second-order valence-electron chi connectivity index (χ2n) is 10.3. The van der Waals surface area contributed by atoms with Crippen LogP contribution >= 0.6 is 0 Å². The van der Waals surface area contributed by atoms with Gasteiger partial charge in [-0.3, -0.25) is 13.9 Å². The van der Waals surface area contributed by atoms with Gasteiger partial charge in [0.1, 0.15) is 17.6 Å². The fraction of sp³-hybridized carbons (Fsp3) is 0.375. The van der Waals surface area contributed by atoms with E-state index in [2.05, 4.69) is 5.32 Å².